The largest absolute Gasteiger partial charge is 0.465 e. The van der Waals surface area contributed by atoms with E-state index in [2.05, 4.69) is 15.9 Å². The van der Waals surface area contributed by atoms with Crippen LogP contribution in [0.15, 0.2) is 40.9 Å². The quantitative estimate of drug-likeness (QED) is 0.465. The van der Waals surface area contributed by atoms with Crippen LogP contribution >= 0.6 is 39.0 Å². The second kappa shape index (κ2) is 11.1. The summed E-state index contributed by atoms with van der Waals surface area (Å²) >= 11 is 6.11. The minimum atomic E-state index is -0.346. The van der Waals surface area contributed by atoms with Crippen LogP contribution in [0.2, 0.25) is 0 Å². The molecule has 1 saturated heterocycles. The van der Waals surface area contributed by atoms with E-state index in [1.165, 1.54) is 30.2 Å². The minimum absolute atomic E-state index is 0.00503. The van der Waals surface area contributed by atoms with E-state index in [0.29, 0.717) is 37.2 Å². The number of hydrazine groups is 1. The number of amides is 1. The molecule has 0 spiro atoms. The molecule has 6 nitrogen and oxygen atoms in total. The van der Waals surface area contributed by atoms with E-state index < -0.39 is 0 Å². The van der Waals surface area contributed by atoms with Gasteiger partial charge < -0.3 is 4.74 Å². The van der Waals surface area contributed by atoms with E-state index in [4.69, 9.17) is 4.74 Å². The van der Waals surface area contributed by atoms with Gasteiger partial charge in [0.15, 0.2) is 0 Å². The van der Waals surface area contributed by atoms with E-state index in [-0.39, 0.29) is 17.0 Å². The predicted octanol–water partition coefficient (Wildman–Crippen LogP) is 4.43. The first-order valence-electron chi connectivity index (χ1n) is 9.58. The highest BCUT2D eigenvalue weighted by molar-refractivity contribution is 9.10. The first kappa shape index (κ1) is 23.0. The van der Waals surface area contributed by atoms with Crippen molar-refractivity contribution in [3.8, 4) is 0 Å². The average molecular weight is 511 g/mol. The van der Waals surface area contributed by atoms with E-state index in [1.54, 1.807) is 11.1 Å². The van der Waals surface area contributed by atoms with Crippen LogP contribution in [0.3, 0.4) is 0 Å². The summed E-state index contributed by atoms with van der Waals surface area (Å²) in [7, 11) is 1.36. The van der Waals surface area contributed by atoms with Gasteiger partial charge in [-0.05, 0) is 29.8 Å². The first-order chi connectivity index (χ1) is 14.5. The number of carbonyl (C=O) groups is 3. The fourth-order valence-corrected chi connectivity index (χ4v) is 5.36. The number of nitrogens with zero attached hydrogens (tertiary/aromatic N) is 2. The molecule has 0 unspecified atom stereocenters. The summed E-state index contributed by atoms with van der Waals surface area (Å²) in [6.45, 7) is 1.78. The van der Waals surface area contributed by atoms with Crippen LogP contribution < -0.4 is 0 Å². The standard InChI is InChI=1S/C21H23BrN2O4S2/c1-28-20(26)19-6-5-18(30-19)8-10-24-21(27)29-12-11-23(24)9-7-17(25)14-15-3-2-4-16(22)13-15/h2-6,13H,7-12,14H2,1H3. The van der Waals surface area contributed by atoms with Crippen LogP contribution in [0.4, 0.5) is 4.79 Å². The summed E-state index contributed by atoms with van der Waals surface area (Å²) in [6, 6.07) is 11.4. The zero-order chi connectivity index (χ0) is 21.5. The third kappa shape index (κ3) is 6.41. The van der Waals surface area contributed by atoms with Gasteiger partial charge in [-0.15, -0.1) is 11.3 Å². The van der Waals surface area contributed by atoms with E-state index in [0.717, 1.165) is 27.2 Å². The van der Waals surface area contributed by atoms with Crippen LogP contribution in [0.25, 0.3) is 0 Å². The molecule has 1 amide bonds. The number of ketones is 1. The molecule has 0 radical (unpaired) electrons. The number of halogens is 1. The molecule has 1 aromatic heterocycles. The van der Waals surface area contributed by atoms with Crippen LogP contribution in [0.5, 0.6) is 0 Å². The molecule has 30 heavy (non-hydrogen) atoms. The summed E-state index contributed by atoms with van der Waals surface area (Å²) in [4.78, 5) is 38.1. The summed E-state index contributed by atoms with van der Waals surface area (Å²) in [5.41, 5.74) is 0.982. The molecule has 160 valence electrons. The molecule has 0 N–H and O–H groups in total. The lowest BCUT2D eigenvalue weighted by molar-refractivity contribution is -0.119. The van der Waals surface area contributed by atoms with Crippen LogP contribution in [0.1, 0.15) is 26.5 Å². The number of thiophene rings is 1. The Labute approximate surface area is 192 Å². The fourth-order valence-electron chi connectivity index (χ4n) is 3.17. The van der Waals surface area contributed by atoms with E-state index in [9.17, 15) is 14.4 Å². The Balaban J connectivity index is 1.53. The molecular weight excluding hydrogens is 488 g/mol. The van der Waals surface area contributed by atoms with Crippen molar-refractivity contribution in [3.63, 3.8) is 0 Å². The van der Waals surface area contributed by atoms with Crippen molar-refractivity contribution in [2.75, 3.05) is 32.5 Å². The number of benzene rings is 1. The highest BCUT2D eigenvalue weighted by Gasteiger charge is 2.27. The predicted molar refractivity (Wildman–Crippen MR) is 123 cm³/mol. The van der Waals surface area contributed by atoms with Gasteiger partial charge in [0.2, 0.25) is 0 Å². The maximum absolute atomic E-state index is 12.4. The van der Waals surface area contributed by atoms with Gasteiger partial charge in [0.05, 0.1) is 7.11 Å². The van der Waals surface area contributed by atoms with Crippen LogP contribution in [0, 0.1) is 0 Å². The number of hydrogen-bond acceptors (Lipinski definition) is 7. The van der Waals surface area contributed by atoms with E-state index in [1.807, 2.05) is 35.3 Å². The van der Waals surface area contributed by atoms with Crippen molar-refractivity contribution in [1.82, 2.24) is 10.0 Å². The molecule has 9 heteroatoms. The van der Waals surface area contributed by atoms with Gasteiger partial charge in [-0.2, -0.15) is 0 Å². The molecule has 2 heterocycles. The molecule has 0 aliphatic carbocycles. The van der Waals surface area contributed by atoms with Crippen LogP contribution in [-0.2, 0) is 22.4 Å². The van der Waals surface area contributed by atoms with E-state index >= 15 is 0 Å². The maximum Gasteiger partial charge on any atom is 0.348 e. The molecule has 1 aliphatic rings. The monoisotopic (exact) mass is 510 g/mol. The molecule has 2 aromatic rings. The van der Waals surface area contributed by atoms with Gasteiger partial charge in [-0.3, -0.25) is 14.6 Å². The molecule has 0 bridgehead atoms. The number of hydrogen-bond donors (Lipinski definition) is 0. The summed E-state index contributed by atoms with van der Waals surface area (Å²) < 4.78 is 5.70. The van der Waals surface area contributed by atoms with Gasteiger partial charge in [-0.25, -0.2) is 9.80 Å². The molecule has 0 atom stereocenters. The fraction of sp³-hybridized carbons (Fsp3) is 0.381. The Morgan fingerprint density at radius 2 is 2.03 bits per heavy atom. The second-order valence-electron chi connectivity index (χ2n) is 6.79. The minimum Gasteiger partial charge on any atom is -0.465 e. The lowest BCUT2D eigenvalue weighted by atomic mass is 10.1. The highest BCUT2D eigenvalue weighted by Crippen LogP contribution is 2.22. The number of Topliss-reactive ketones (excluding diaryl/α,β-unsaturated/α-hetero) is 1. The molecule has 1 fully saturated rings. The maximum atomic E-state index is 12.4. The number of rotatable bonds is 9. The summed E-state index contributed by atoms with van der Waals surface area (Å²) in [5.74, 6) is 0.529. The van der Waals surface area contributed by atoms with Gasteiger partial charge >= 0.3 is 5.97 Å². The lowest BCUT2D eigenvalue weighted by Gasteiger charge is -2.37. The number of ether oxygens (including phenoxy) is 1. The lowest BCUT2D eigenvalue weighted by Crippen LogP contribution is -2.50. The normalized spacial score (nSPS) is 14.7. The van der Waals surface area contributed by atoms with Crippen molar-refractivity contribution in [2.45, 2.75) is 19.3 Å². The Hall–Kier alpha value is -1.68. The number of carbonyl (C=O) groups excluding carboxylic acids is 3. The van der Waals surface area contributed by atoms with Crippen molar-refractivity contribution < 1.29 is 19.1 Å². The number of esters is 1. The third-order valence-corrected chi connectivity index (χ3v) is 7.15. The van der Waals surface area contributed by atoms with Crippen LogP contribution in [-0.4, -0.2) is 59.5 Å². The molecule has 1 aliphatic heterocycles. The molecule has 1 aromatic carbocycles. The summed E-state index contributed by atoms with van der Waals surface area (Å²) in [6.07, 6.45) is 1.43. The first-order valence-corrected chi connectivity index (χ1v) is 12.2. The Morgan fingerprint density at radius 3 is 2.80 bits per heavy atom. The highest BCUT2D eigenvalue weighted by atomic mass is 79.9. The van der Waals surface area contributed by atoms with Gasteiger partial charge in [0.1, 0.15) is 10.7 Å². The Kier molecular flexibility index (Phi) is 8.50. The molecular formula is C21H23BrN2O4S2. The zero-order valence-corrected chi connectivity index (χ0v) is 19.9. The van der Waals surface area contributed by atoms with Gasteiger partial charge in [0.25, 0.3) is 5.24 Å². The zero-order valence-electron chi connectivity index (χ0n) is 16.6. The number of thioether (sulfide) groups is 1. The van der Waals surface area contributed by atoms with Crippen molar-refractivity contribution in [3.05, 3.63) is 56.2 Å². The Bertz CT molecular complexity index is 918. The SMILES string of the molecule is COC(=O)c1ccc(CCN2C(=O)SCCN2CCC(=O)Cc2cccc(Br)c2)s1. The number of methoxy groups -OCH3 is 1. The smallest absolute Gasteiger partial charge is 0.348 e. The van der Waals surface area contributed by atoms with Crippen molar-refractivity contribution in [2.24, 2.45) is 0 Å². The summed E-state index contributed by atoms with van der Waals surface area (Å²) in [5, 5.41) is 3.72. The molecule has 3 rings (SSSR count). The van der Waals surface area contributed by atoms with Gasteiger partial charge in [0, 0.05) is 54.0 Å². The topological polar surface area (TPSA) is 66.9 Å². The Morgan fingerprint density at radius 1 is 1.20 bits per heavy atom. The van der Waals surface area contributed by atoms with Crippen molar-refractivity contribution in [1.29, 1.82) is 0 Å². The average Bonchev–Trinajstić information content (AvgIpc) is 3.20. The van der Waals surface area contributed by atoms with Crippen molar-refractivity contribution >= 4 is 56.0 Å². The third-order valence-electron chi connectivity index (χ3n) is 4.68. The second-order valence-corrected chi connectivity index (χ2v) is 9.92. The molecule has 0 saturated carbocycles. The van der Waals surface area contributed by atoms with Gasteiger partial charge in [-0.1, -0.05) is 39.8 Å².